The van der Waals surface area contributed by atoms with Crippen molar-refractivity contribution in [2.24, 2.45) is 0 Å². The zero-order chi connectivity index (χ0) is 10.8. The molecular formula is C9H10ClN5. The molecule has 5 nitrogen and oxygen atoms in total. The van der Waals surface area contributed by atoms with Crippen molar-refractivity contribution in [1.82, 2.24) is 25.0 Å². The molecule has 15 heavy (non-hydrogen) atoms. The summed E-state index contributed by atoms with van der Waals surface area (Å²) in [6, 6.07) is 1.89. The molecule has 2 aromatic heterocycles. The van der Waals surface area contributed by atoms with Gasteiger partial charge in [-0.05, 0) is 19.9 Å². The lowest BCUT2D eigenvalue weighted by molar-refractivity contribution is 0.514. The molecule has 0 N–H and O–H groups in total. The third-order valence-corrected chi connectivity index (χ3v) is 2.10. The molecule has 0 saturated heterocycles. The maximum Gasteiger partial charge on any atom is 0.183 e. The largest absolute Gasteiger partial charge is 0.249 e. The molecule has 0 aliphatic heterocycles. The molecule has 0 aromatic carbocycles. The van der Waals surface area contributed by atoms with E-state index >= 15 is 0 Å². The summed E-state index contributed by atoms with van der Waals surface area (Å²) in [5, 5.41) is 8.35. The van der Waals surface area contributed by atoms with Gasteiger partial charge in [-0.25, -0.2) is 14.6 Å². The molecule has 0 spiro atoms. The number of aromatic nitrogens is 5. The number of halogens is 1. The van der Waals surface area contributed by atoms with E-state index in [4.69, 9.17) is 11.6 Å². The Balaban J connectivity index is 2.37. The molecule has 0 fully saturated rings. The van der Waals surface area contributed by atoms with Gasteiger partial charge in [0.05, 0.1) is 6.20 Å². The van der Waals surface area contributed by atoms with Crippen LogP contribution in [-0.2, 0) is 0 Å². The molecule has 2 heterocycles. The standard InChI is InChI=1S/C9H10ClN5/c1-6(2)15-5-7(13-14-15)9-11-4-3-8(10)12-9/h3-6H,1-2H3. The lowest BCUT2D eigenvalue weighted by atomic mass is 10.4. The molecule has 0 amide bonds. The van der Waals surface area contributed by atoms with E-state index in [0.29, 0.717) is 16.7 Å². The van der Waals surface area contributed by atoms with Crippen LogP contribution in [0.25, 0.3) is 11.5 Å². The Labute approximate surface area is 92.1 Å². The van der Waals surface area contributed by atoms with Crippen LogP contribution in [0.1, 0.15) is 19.9 Å². The summed E-state index contributed by atoms with van der Waals surface area (Å²) in [6.07, 6.45) is 3.40. The van der Waals surface area contributed by atoms with Crippen molar-refractivity contribution in [3.05, 3.63) is 23.6 Å². The van der Waals surface area contributed by atoms with Gasteiger partial charge in [0, 0.05) is 12.2 Å². The first-order valence-electron chi connectivity index (χ1n) is 4.57. The van der Waals surface area contributed by atoms with Gasteiger partial charge in [-0.15, -0.1) is 5.10 Å². The van der Waals surface area contributed by atoms with Gasteiger partial charge < -0.3 is 0 Å². The molecule has 0 atom stereocenters. The molecule has 2 rings (SSSR count). The second-order valence-electron chi connectivity index (χ2n) is 3.38. The molecule has 0 radical (unpaired) electrons. The van der Waals surface area contributed by atoms with Crippen LogP contribution in [0.15, 0.2) is 18.5 Å². The average Bonchev–Trinajstić information content (AvgIpc) is 2.66. The zero-order valence-corrected chi connectivity index (χ0v) is 9.18. The SMILES string of the molecule is CC(C)n1cc(-c2nccc(Cl)n2)nn1. The van der Waals surface area contributed by atoms with Crippen molar-refractivity contribution in [2.75, 3.05) is 0 Å². The maximum absolute atomic E-state index is 5.76. The van der Waals surface area contributed by atoms with E-state index in [9.17, 15) is 0 Å². The molecular weight excluding hydrogens is 214 g/mol. The Morgan fingerprint density at radius 1 is 1.40 bits per heavy atom. The molecule has 0 saturated carbocycles. The highest BCUT2D eigenvalue weighted by molar-refractivity contribution is 6.29. The molecule has 0 bridgehead atoms. The van der Waals surface area contributed by atoms with Crippen molar-refractivity contribution < 1.29 is 0 Å². The maximum atomic E-state index is 5.76. The van der Waals surface area contributed by atoms with Gasteiger partial charge in [-0.3, -0.25) is 0 Å². The van der Waals surface area contributed by atoms with Gasteiger partial charge in [0.25, 0.3) is 0 Å². The first-order valence-corrected chi connectivity index (χ1v) is 4.95. The normalized spacial score (nSPS) is 10.9. The van der Waals surface area contributed by atoms with Gasteiger partial charge in [0.15, 0.2) is 5.82 Å². The van der Waals surface area contributed by atoms with Gasteiger partial charge in [0.2, 0.25) is 0 Å². The van der Waals surface area contributed by atoms with Crippen LogP contribution in [0.4, 0.5) is 0 Å². The summed E-state index contributed by atoms with van der Waals surface area (Å²) < 4.78 is 1.75. The number of nitrogens with zero attached hydrogens (tertiary/aromatic N) is 5. The fourth-order valence-corrected chi connectivity index (χ4v) is 1.23. The molecule has 0 unspecified atom stereocenters. The van der Waals surface area contributed by atoms with E-state index in [2.05, 4.69) is 20.3 Å². The van der Waals surface area contributed by atoms with Crippen LogP contribution in [-0.4, -0.2) is 25.0 Å². The highest BCUT2D eigenvalue weighted by atomic mass is 35.5. The van der Waals surface area contributed by atoms with Crippen molar-refractivity contribution >= 4 is 11.6 Å². The lowest BCUT2D eigenvalue weighted by Gasteiger charge is -2.00. The summed E-state index contributed by atoms with van der Waals surface area (Å²) in [5.74, 6) is 0.495. The number of hydrogen-bond donors (Lipinski definition) is 0. The predicted octanol–water partition coefficient (Wildman–Crippen LogP) is 1.97. The highest BCUT2D eigenvalue weighted by Gasteiger charge is 2.08. The Morgan fingerprint density at radius 3 is 2.80 bits per heavy atom. The fraction of sp³-hybridized carbons (Fsp3) is 0.333. The summed E-state index contributed by atoms with van der Waals surface area (Å²) in [4.78, 5) is 8.13. The summed E-state index contributed by atoms with van der Waals surface area (Å²) in [7, 11) is 0. The van der Waals surface area contributed by atoms with Crippen LogP contribution in [0.5, 0.6) is 0 Å². The molecule has 2 aromatic rings. The molecule has 6 heteroatoms. The Kier molecular flexibility index (Phi) is 2.64. The van der Waals surface area contributed by atoms with E-state index in [1.165, 1.54) is 0 Å². The first-order chi connectivity index (χ1) is 7.16. The minimum atomic E-state index is 0.269. The monoisotopic (exact) mass is 223 g/mol. The second kappa shape index (κ2) is 3.94. The molecule has 78 valence electrons. The van der Waals surface area contributed by atoms with Crippen molar-refractivity contribution in [1.29, 1.82) is 0 Å². The third-order valence-electron chi connectivity index (χ3n) is 1.89. The van der Waals surface area contributed by atoms with Crippen LogP contribution >= 0.6 is 11.6 Å². The molecule has 0 aliphatic carbocycles. The zero-order valence-electron chi connectivity index (χ0n) is 8.42. The summed E-state index contributed by atoms with van der Waals surface area (Å²) in [5.41, 5.74) is 0.631. The number of rotatable bonds is 2. The van der Waals surface area contributed by atoms with Crippen LogP contribution in [0.2, 0.25) is 5.15 Å². The average molecular weight is 224 g/mol. The summed E-state index contributed by atoms with van der Waals surface area (Å²) >= 11 is 5.76. The minimum Gasteiger partial charge on any atom is -0.249 e. The second-order valence-corrected chi connectivity index (χ2v) is 3.77. The smallest absolute Gasteiger partial charge is 0.183 e. The van der Waals surface area contributed by atoms with Crippen LogP contribution < -0.4 is 0 Å². The van der Waals surface area contributed by atoms with E-state index in [-0.39, 0.29) is 6.04 Å². The Bertz CT molecular complexity index is 465. The van der Waals surface area contributed by atoms with Crippen LogP contribution in [0, 0.1) is 0 Å². The number of hydrogen-bond acceptors (Lipinski definition) is 4. The fourth-order valence-electron chi connectivity index (χ4n) is 1.09. The minimum absolute atomic E-state index is 0.269. The first kappa shape index (κ1) is 10.0. The topological polar surface area (TPSA) is 56.5 Å². The van der Waals surface area contributed by atoms with E-state index in [1.807, 2.05) is 13.8 Å². The van der Waals surface area contributed by atoms with Crippen molar-refractivity contribution in [3.63, 3.8) is 0 Å². The molecule has 0 aliphatic rings. The van der Waals surface area contributed by atoms with Gasteiger partial charge >= 0.3 is 0 Å². The van der Waals surface area contributed by atoms with E-state index < -0.39 is 0 Å². The predicted molar refractivity (Wildman–Crippen MR) is 56.4 cm³/mol. The van der Waals surface area contributed by atoms with Crippen LogP contribution in [0.3, 0.4) is 0 Å². The van der Waals surface area contributed by atoms with Gasteiger partial charge in [0.1, 0.15) is 10.8 Å². The van der Waals surface area contributed by atoms with Gasteiger partial charge in [-0.2, -0.15) is 0 Å². The quantitative estimate of drug-likeness (QED) is 0.731. The van der Waals surface area contributed by atoms with Crippen molar-refractivity contribution in [2.45, 2.75) is 19.9 Å². The van der Waals surface area contributed by atoms with E-state index in [0.717, 1.165) is 0 Å². The Morgan fingerprint density at radius 2 is 2.20 bits per heavy atom. The van der Waals surface area contributed by atoms with Crippen molar-refractivity contribution in [3.8, 4) is 11.5 Å². The highest BCUT2D eigenvalue weighted by Crippen LogP contribution is 2.14. The Hall–Kier alpha value is -1.49. The van der Waals surface area contributed by atoms with E-state index in [1.54, 1.807) is 23.1 Å². The lowest BCUT2D eigenvalue weighted by Crippen LogP contribution is -2.00. The third kappa shape index (κ3) is 2.12. The van der Waals surface area contributed by atoms with Gasteiger partial charge in [-0.1, -0.05) is 16.8 Å². The summed E-state index contributed by atoms with van der Waals surface area (Å²) in [6.45, 7) is 4.05.